The van der Waals surface area contributed by atoms with Gasteiger partial charge in [0.25, 0.3) is 0 Å². The van der Waals surface area contributed by atoms with Gasteiger partial charge >= 0.3 is 0 Å². The minimum atomic E-state index is -0.0830. The van der Waals surface area contributed by atoms with Gasteiger partial charge in [-0.25, -0.2) is 4.98 Å². The Labute approximate surface area is 111 Å². The molecule has 1 atom stereocenters. The molecule has 1 heterocycles. The van der Waals surface area contributed by atoms with Crippen LogP contribution in [-0.2, 0) is 6.54 Å². The van der Waals surface area contributed by atoms with Gasteiger partial charge in [0.15, 0.2) is 0 Å². The highest BCUT2D eigenvalue weighted by atomic mass is 15.2. The Balaban J connectivity index is 2.97. The molecule has 0 fully saturated rings. The summed E-state index contributed by atoms with van der Waals surface area (Å²) < 4.78 is 2.18. The molecule has 0 amide bonds. The van der Waals surface area contributed by atoms with E-state index in [2.05, 4.69) is 49.1 Å². The van der Waals surface area contributed by atoms with E-state index in [4.69, 9.17) is 5.73 Å². The lowest BCUT2D eigenvalue weighted by Gasteiger charge is -2.41. The van der Waals surface area contributed by atoms with Gasteiger partial charge in [-0.1, -0.05) is 20.8 Å². The first kappa shape index (κ1) is 15.2. The molecular weight excluding hydrogens is 224 g/mol. The SMILES string of the molecule is CCCn1ccnc1C(N)C(C)(C)N(CC)CC. The van der Waals surface area contributed by atoms with Crippen molar-refractivity contribution >= 4 is 0 Å². The van der Waals surface area contributed by atoms with E-state index in [1.807, 2.05) is 12.4 Å². The molecule has 1 rings (SSSR count). The van der Waals surface area contributed by atoms with Crippen molar-refractivity contribution in [2.75, 3.05) is 13.1 Å². The van der Waals surface area contributed by atoms with E-state index in [1.165, 1.54) is 0 Å². The number of rotatable bonds is 7. The van der Waals surface area contributed by atoms with Crippen LogP contribution in [0.25, 0.3) is 0 Å². The lowest BCUT2D eigenvalue weighted by atomic mass is 9.92. The quantitative estimate of drug-likeness (QED) is 0.810. The van der Waals surface area contributed by atoms with Gasteiger partial charge < -0.3 is 10.3 Å². The van der Waals surface area contributed by atoms with Crippen molar-refractivity contribution < 1.29 is 0 Å². The summed E-state index contributed by atoms with van der Waals surface area (Å²) in [5.74, 6) is 0.994. The summed E-state index contributed by atoms with van der Waals surface area (Å²) >= 11 is 0. The highest BCUT2D eigenvalue weighted by molar-refractivity contribution is 5.07. The minimum Gasteiger partial charge on any atom is -0.334 e. The van der Waals surface area contributed by atoms with Crippen LogP contribution in [0.4, 0.5) is 0 Å². The van der Waals surface area contributed by atoms with E-state index in [1.54, 1.807) is 0 Å². The second-order valence-corrected chi connectivity index (χ2v) is 5.28. The van der Waals surface area contributed by atoms with Crippen molar-refractivity contribution in [3.63, 3.8) is 0 Å². The van der Waals surface area contributed by atoms with Gasteiger partial charge in [-0.3, -0.25) is 4.90 Å². The summed E-state index contributed by atoms with van der Waals surface area (Å²) in [6.45, 7) is 13.9. The summed E-state index contributed by atoms with van der Waals surface area (Å²) in [7, 11) is 0. The first-order valence-electron chi connectivity index (χ1n) is 7.00. The third-order valence-corrected chi connectivity index (χ3v) is 3.83. The molecule has 104 valence electrons. The Morgan fingerprint density at radius 1 is 1.33 bits per heavy atom. The van der Waals surface area contributed by atoms with Crippen LogP contribution in [0.3, 0.4) is 0 Å². The second-order valence-electron chi connectivity index (χ2n) is 5.28. The van der Waals surface area contributed by atoms with Crippen LogP contribution < -0.4 is 5.73 Å². The number of hydrogen-bond donors (Lipinski definition) is 1. The predicted molar refractivity (Wildman–Crippen MR) is 76.4 cm³/mol. The smallest absolute Gasteiger partial charge is 0.127 e. The molecule has 1 aromatic heterocycles. The molecule has 2 N–H and O–H groups in total. The van der Waals surface area contributed by atoms with Crippen LogP contribution in [0, 0.1) is 0 Å². The molecule has 0 spiro atoms. The monoisotopic (exact) mass is 252 g/mol. The Bertz CT molecular complexity index is 352. The summed E-state index contributed by atoms with van der Waals surface area (Å²) in [5.41, 5.74) is 6.39. The van der Waals surface area contributed by atoms with Crippen molar-refractivity contribution in [3.05, 3.63) is 18.2 Å². The molecular formula is C14H28N4. The Morgan fingerprint density at radius 3 is 2.44 bits per heavy atom. The fraction of sp³-hybridized carbons (Fsp3) is 0.786. The van der Waals surface area contributed by atoms with E-state index >= 15 is 0 Å². The third-order valence-electron chi connectivity index (χ3n) is 3.83. The highest BCUT2D eigenvalue weighted by Gasteiger charge is 2.34. The maximum Gasteiger partial charge on any atom is 0.127 e. The molecule has 0 aliphatic heterocycles. The number of likely N-dealkylation sites (N-methyl/N-ethyl adjacent to an activating group) is 1. The highest BCUT2D eigenvalue weighted by Crippen LogP contribution is 2.28. The number of hydrogen-bond acceptors (Lipinski definition) is 3. The van der Waals surface area contributed by atoms with Crippen LogP contribution >= 0.6 is 0 Å². The topological polar surface area (TPSA) is 47.1 Å². The van der Waals surface area contributed by atoms with Gasteiger partial charge in [0.1, 0.15) is 5.82 Å². The molecule has 0 bridgehead atoms. The van der Waals surface area contributed by atoms with Crippen LogP contribution in [0.15, 0.2) is 12.4 Å². The normalized spacial score (nSPS) is 14.2. The molecule has 1 aromatic rings. The molecule has 0 aliphatic rings. The van der Waals surface area contributed by atoms with Gasteiger partial charge in [0.05, 0.1) is 6.04 Å². The fourth-order valence-corrected chi connectivity index (χ4v) is 2.58. The van der Waals surface area contributed by atoms with Crippen LogP contribution in [0.1, 0.15) is 52.9 Å². The molecule has 1 unspecified atom stereocenters. The maximum absolute atomic E-state index is 6.48. The van der Waals surface area contributed by atoms with Crippen molar-refractivity contribution in [1.82, 2.24) is 14.5 Å². The molecule has 0 aromatic carbocycles. The number of nitrogens with two attached hydrogens (primary N) is 1. The molecule has 18 heavy (non-hydrogen) atoms. The molecule has 0 saturated carbocycles. The Morgan fingerprint density at radius 2 is 1.94 bits per heavy atom. The number of imidazole rings is 1. The van der Waals surface area contributed by atoms with Crippen LogP contribution in [-0.4, -0.2) is 33.1 Å². The van der Waals surface area contributed by atoms with Crippen LogP contribution in [0.2, 0.25) is 0 Å². The predicted octanol–water partition coefficient (Wildman–Crippen LogP) is 2.41. The molecule has 4 heteroatoms. The summed E-state index contributed by atoms with van der Waals surface area (Å²) in [6.07, 6.45) is 4.97. The Hall–Kier alpha value is -0.870. The van der Waals surface area contributed by atoms with Gasteiger partial charge in [-0.05, 0) is 33.4 Å². The lowest BCUT2D eigenvalue weighted by molar-refractivity contribution is 0.102. The minimum absolute atomic E-state index is 0.0704. The second kappa shape index (κ2) is 6.34. The van der Waals surface area contributed by atoms with E-state index in [9.17, 15) is 0 Å². The van der Waals surface area contributed by atoms with Crippen molar-refractivity contribution in [2.24, 2.45) is 5.73 Å². The first-order chi connectivity index (χ1) is 8.48. The molecule has 0 radical (unpaired) electrons. The van der Waals surface area contributed by atoms with Gasteiger partial charge in [-0.2, -0.15) is 0 Å². The van der Waals surface area contributed by atoms with Crippen molar-refractivity contribution in [2.45, 2.75) is 59.2 Å². The zero-order valence-corrected chi connectivity index (χ0v) is 12.5. The average Bonchev–Trinajstić information content (AvgIpc) is 2.78. The maximum atomic E-state index is 6.48. The van der Waals surface area contributed by atoms with Crippen molar-refractivity contribution in [3.8, 4) is 0 Å². The summed E-state index contributed by atoms with van der Waals surface area (Å²) in [5, 5.41) is 0. The van der Waals surface area contributed by atoms with Gasteiger partial charge in [0, 0.05) is 24.5 Å². The third kappa shape index (κ3) is 2.93. The number of aromatic nitrogens is 2. The lowest BCUT2D eigenvalue weighted by Crippen LogP contribution is -2.51. The van der Waals surface area contributed by atoms with E-state index in [0.29, 0.717) is 0 Å². The largest absolute Gasteiger partial charge is 0.334 e. The molecule has 0 saturated heterocycles. The van der Waals surface area contributed by atoms with E-state index in [-0.39, 0.29) is 11.6 Å². The summed E-state index contributed by atoms with van der Waals surface area (Å²) in [4.78, 5) is 6.85. The van der Waals surface area contributed by atoms with Crippen molar-refractivity contribution in [1.29, 1.82) is 0 Å². The fourth-order valence-electron chi connectivity index (χ4n) is 2.58. The van der Waals surface area contributed by atoms with Crippen LogP contribution in [0.5, 0.6) is 0 Å². The number of aryl methyl sites for hydroxylation is 1. The average molecular weight is 252 g/mol. The van der Waals surface area contributed by atoms with E-state index < -0.39 is 0 Å². The standard InChI is InChI=1S/C14H28N4/c1-6-10-17-11-9-16-13(17)12(15)14(4,5)18(7-2)8-3/h9,11-12H,6-8,10,15H2,1-5H3. The first-order valence-corrected chi connectivity index (χ1v) is 7.00. The van der Waals surface area contributed by atoms with Gasteiger partial charge in [0.2, 0.25) is 0 Å². The molecule has 4 nitrogen and oxygen atoms in total. The van der Waals surface area contributed by atoms with Gasteiger partial charge in [-0.15, -0.1) is 0 Å². The zero-order valence-electron chi connectivity index (χ0n) is 12.5. The van der Waals surface area contributed by atoms with E-state index in [0.717, 1.165) is 31.9 Å². The number of nitrogens with zero attached hydrogens (tertiary/aromatic N) is 3. The summed E-state index contributed by atoms with van der Waals surface area (Å²) in [6, 6.07) is -0.0704. The Kier molecular flexibility index (Phi) is 5.35. The zero-order chi connectivity index (χ0) is 13.8. The molecule has 0 aliphatic carbocycles.